The van der Waals surface area contributed by atoms with E-state index >= 15 is 9.59 Å². The fraction of sp³-hybridized carbons (Fsp3) is 0.0357. The van der Waals surface area contributed by atoms with Crippen molar-refractivity contribution < 1.29 is 9.59 Å². The Hall–Kier alpha value is -7.82. The summed E-state index contributed by atoms with van der Waals surface area (Å²) < 4.78 is 0. The molecule has 0 atom stereocenters. The molecule has 8 aromatic rings. The van der Waals surface area contributed by atoms with Gasteiger partial charge in [-0.3, -0.25) is 9.59 Å². The molecule has 4 heteroatoms. The lowest BCUT2D eigenvalue weighted by atomic mass is 9.98. The molecule has 8 aromatic carbocycles. The van der Waals surface area contributed by atoms with Crippen LogP contribution in [0.1, 0.15) is 22.3 Å². The van der Waals surface area contributed by atoms with Gasteiger partial charge in [-0.1, -0.05) is 218 Å². The van der Waals surface area contributed by atoms with Gasteiger partial charge in [-0.15, -0.1) is 0 Å². The summed E-state index contributed by atoms with van der Waals surface area (Å²) in [6, 6.07) is 74.2. The Morgan fingerprint density at radius 1 is 0.250 bits per heavy atom. The summed E-state index contributed by atoms with van der Waals surface area (Å²) in [5.41, 5.74) is 14.5. The van der Waals surface area contributed by atoms with Crippen LogP contribution in [-0.2, 0) is 22.7 Å². The lowest BCUT2D eigenvalue weighted by Gasteiger charge is -2.26. The minimum atomic E-state index is -0.184. The van der Waals surface area contributed by atoms with Gasteiger partial charge in [-0.25, -0.2) is 0 Å². The maximum Gasteiger partial charge on any atom is 0.261 e. The van der Waals surface area contributed by atoms with Crippen LogP contribution in [0.2, 0.25) is 0 Å². The summed E-state index contributed by atoms with van der Waals surface area (Å²) in [7, 11) is 0. The third-order valence-electron chi connectivity index (χ3n) is 11.5. The van der Waals surface area contributed by atoms with Crippen molar-refractivity contribution in [3.63, 3.8) is 0 Å². The maximum absolute atomic E-state index is 15.2. The molecule has 0 N–H and O–H groups in total. The van der Waals surface area contributed by atoms with E-state index in [1.807, 2.05) is 107 Å². The molecule has 0 spiro atoms. The van der Waals surface area contributed by atoms with Crippen LogP contribution in [0, 0.1) is 0 Å². The second kappa shape index (κ2) is 15.8. The minimum absolute atomic E-state index is 0.184. The largest absolute Gasteiger partial charge is 0.302 e. The van der Waals surface area contributed by atoms with Gasteiger partial charge in [0.15, 0.2) is 0 Å². The predicted octanol–water partition coefficient (Wildman–Crippen LogP) is 12.6. The van der Waals surface area contributed by atoms with E-state index in [1.165, 1.54) is 0 Å². The quantitative estimate of drug-likeness (QED) is 0.139. The van der Waals surface area contributed by atoms with E-state index in [2.05, 4.69) is 121 Å². The highest BCUT2D eigenvalue weighted by Crippen LogP contribution is 2.48. The minimum Gasteiger partial charge on any atom is -0.302 e. The van der Waals surface area contributed by atoms with Gasteiger partial charge in [0.2, 0.25) is 0 Å². The molecule has 0 aromatic heterocycles. The highest BCUT2D eigenvalue weighted by molar-refractivity contribution is 6.30. The second-order valence-electron chi connectivity index (χ2n) is 15.2. The fourth-order valence-corrected chi connectivity index (χ4v) is 8.43. The van der Waals surface area contributed by atoms with Crippen molar-refractivity contribution in [1.82, 2.24) is 9.80 Å². The Labute approximate surface area is 350 Å². The first kappa shape index (κ1) is 36.5. The van der Waals surface area contributed by atoms with Gasteiger partial charge in [0.1, 0.15) is 0 Å². The first-order valence-corrected chi connectivity index (χ1v) is 20.3. The zero-order valence-corrected chi connectivity index (χ0v) is 32.9. The average Bonchev–Trinajstić information content (AvgIpc) is 3.76. The number of fused-ring (bicyclic) bond motifs is 1. The molecular formula is C56H40N2O2. The third-order valence-corrected chi connectivity index (χ3v) is 11.5. The Kier molecular flexibility index (Phi) is 9.64. The Morgan fingerprint density at radius 2 is 0.467 bits per heavy atom. The normalized spacial score (nSPS) is 13.7. The molecule has 2 heterocycles. The number of hydrogen-bond donors (Lipinski definition) is 0. The lowest BCUT2D eigenvalue weighted by molar-refractivity contribution is -0.124. The second-order valence-corrected chi connectivity index (χ2v) is 15.2. The first-order valence-electron chi connectivity index (χ1n) is 20.3. The Balaban J connectivity index is 1.09. The molecule has 286 valence electrons. The van der Waals surface area contributed by atoms with Crippen LogP contribution in [0.4, 0.5) is 0 Å². The predicted molar refractivity (Wildman–Crippen MR) is 242 cm³/mol. The van der Waals surface area contributed by atoms with E-state index in [-0.39, 0.29) is 11.8 Å². The molecule has 0 fully saturated rings. The fourth-order valence-electron chi connectivity index (χ4n) is 8.43. The van der Waals surface area contributed by atoms with Gasteiger partial charge >= 0.3 is 0 Å². The molecule has 10 rings (SSSR count). The highest BCUT2D eigenvalue weighted by atomic mass is 16.2. The van der Waals surface area contributed by atoms with Gasteiger partial charge < -0.3 is 9.80 Å². The third kappa shape index (κ3) is 6.95. The van der Waals surface area contributed by atoms with Crippen molar-refractivity contribution in [2.45, 2.75) is 13.1 Å². The molecular weight excluding hydrogens is 733 g/mol. The van der Waals surface area contributed by atoms with Crippen molar-refractivity contribution in [3.8, 4) is 44.5 Å². The maximum atomic E-state index is 15.2. The van der Waals surface area contributed by atoms with Gasteiger partial charge in [0, 0.05) is 0 Å². The highest BCUT2D eigenvalue weighted by Gasteiger charge is 2.48. The van der Waals surface area contributed by atoms with Gasteiger partial charge in [-0.2, -0.15) is 0 Å². The number of carbonyl (C=O) groups is 2. The van der Waals surface area contributed by atoms with E-state index in [0.717, 1.165) is 66.8 Å². The van der Waals surface area contributed by atoms with Crippen LogP contribution in [0.3, 0.4) is 0 Å². The molecule has 2 amide bonds. The van der Waals surface area contributed by atoms with E-state index in [4.69, 9.17) is 0 Å². The SMILES string of the molecule is O=C1C2=C(c3ccc(-c4ccccc4)cc3)N(Cc3ccc(-c4ccccc4)cc3)C(=O)C2=C(c2ccc(-c3ccccc3)cc2)N1Cc1ccc(-c2ccccc2)cc1. The molecule has 0 unspecified atom stereocenters. The lowest BCUT2D eigenvalue weighted by Crippen LogP contribution is -2.29. The van der Waals surface area contributed by atoms with Crippen LogP contribution in [0.5, 0.6) is 0 Å². The van der Waals surface area contributed by atoms with E-state index in [0.29, 0.717) is 35.6 Å². The molecule has 60 heavy (non-hydrogen) atoms. The van der Waals surface area contributed by atoms with Crippen molar-refractivity contribution in [3.05, 3.63) is 252 Å². The van der Waals surface area contributed by atoms with Crippen molar-refractivity contribution >= 4 is 23.2 Å². The van der Waals surface area contributed by atoms with Crippen LogP contribution in [0.15, 0.2) is 230 Å². The molecule has 2 aliphatic heterocycles. The first-order chi connectivity index (χ1) is 29.6. The summed E-state index contributed by atoms with van der Waals surface area (Å²) in [4.78, 5) is 34.0. The molecule has 0 saturated heterocycles. The topological polar surface area (TPSA) is 40.6 Å². The standard InChI is InChI=1S/C56H40N2O2/c59-55-52-51(53(49-33-29-47(30-34-49)43-17-9-3-10-18-43)57(55)37-39-21-25-45(26-22-39)41-13-5-1-6-14-41)56(60)58(38-40-23-27-46(28-24-40)42-15-7-2-8-16-42)54(52)50-35-31-48(32-36-50)44-19-11-4-12-20-44/h1-36H,37-38H2. The number of rotatable bonds is 10. The van der Waals surface area contributed by atoms with Gasteiger partial charge in [0.25, 0.3) is 11.8 Å². The van der Waals surface area contributed by atoms with E-state index < -0.39 is 0 Å². The summed E-state index contributed by atoms with van der Waals surface area (Å²) in [6.07, 6.45) is 0. The molecule has 0 saturated carbocycles. The zero-order valence-electron chi connectivity index (χ0n) is 32.9. The molecule has 0 bridgehead atoms. The van der Waals surface area contributed by atoms with Crippen LogP contribution < -0.4 is 0 Å². The summed E-state index contributed by atoms with van der Waals surface area (Å²) in [5, 5.41) is 0. The Morgan fingerprint density at radius 3 is 0.733 bits per heavy atom. The zero-order chi connectivity index (χ0) is 40.4. The van der Waals surface area contributed by atoms with Crippen molar-refractivity contribution in [1.29, 1.82) is 0 Å². The van der Waals surface area contributed by atoms with E-state index in [1.54, 1.807) is 0 Å². The Bertz CT molecular complexity index is 2680. The number of nitrogens with zero attached hydrogens (tertiary/aromatic N) is 2. The summed E-state index contributed by atoms with van der Waals surface area (Å²) in [6.45, 7) is 0.621. The number of benzene rings is 8. The van der Waals surface area contributed by atoms with Crippen LogP contribution >= 0.6 is 0 Å². The number of carbonyl (C=O) groups excluding carboxylic acids is 2. The van der Waals surface area contributed by atoms with E-state index in [9.17, 15) is 0 Å². The van der Waals surface area contributed by atoms with Crippen LogP contribution in [-0.4, -0.2) is 21.6 Å². The van der Waals surface area contributed by atoms with Crippen molar-refractivity contribution in [2.75, 3.05) is 0 Å². The molecule has 0 radical (unpaired) electrons. The summed E-state index contributed by atoms with van der Waals surface area (Å²) in [5.74, 6) is -0.367. The average molecular weight is 773 g/mol. The monoisotopic (exact) mass is 772 g/mol. The van der Waals surface area contributed by atoms with Gasteiger partial charge in [-0.05, 0) is 66.8 Å². The number of hydrogen-bond acceptors (Lipinski definition) is 2. The smallest absolute Gasteiger partial charge is 0.261 e. The molecule has 2 aliphatic rings. The summed E-state index contributed by atoms with van der Waals surface area (Å²) >= 11 is 0. The van der Waals surface area contributed by atoms with Crippen molar-refractivity contribution in [2.24, 2.45) is 0 Å². The van der Waals surface area contributed by atoms with Gasteiger partial charge in [0.05, 0.1) is 35.6 Å². The molecule has 0 aliphatic carbocycles. The molecule has 4 nitrogen and oxygen atoms in total. The van der Waals surface area contributed by atoms with Crippen LogP contribution in [0.25, 0.3) is 55.9 Å². The number of amides is 2.